The van der Waals surface area contributed by atoms with Gasteiger partial charge >= 0.3 is 0 Å². The maximum Gasteiger partial charge on any atom is 0.244 e. The molecule has 1 aliphatic rings. The van der Waals surface area contributed by atoms with Gasteiger partial charge in [-0.2, -0.15) is 0 Å². The predicted molar refractivity (Wildman–Crippen MR) is 91.5 cm³/mol. The number of methoxy groups -OCH3 is 3. The summed E-state index contributed by atoms with van der Waals surface area (Å²) in [5, 5.41) is 12.5. The highest BCUT2D eigenvalue weighted by Crippen LogP contribution is 2.38. The number of benzene rings is 1. The molecule has 0 heterocycles. The van der Waals surface area contributed by atoms with Gasteiger partial charge in [-0.3, -0.25) is 4.79 Å². The molecular formula is C18H25NO5. The first-order valence-electron chi connectivity index (χ1n) is 8.04. The van der Waals surface area contributed by atoms with Gasteiger partial charge in [0.25, 0.3) is 0 Å². The zero-order valence-electron chi connectivity index (χ0n) is 14.4. The minimum atomic E-state index is -0.229. The van der Waals surface area contributed by atoms with Crippen LogP contribution in [0.15, 0.2) is 18.2 Å². The number of rotatable bonds is 6. The largest absolute Gasteiger partial charge is 0.493 e. The molecule has 0 spiro atoms. The molecule has 6 nitrogen and oxygen atoms in total. The fourth-order valence-corrected chi connectivity index (χ4v) is 2.84. The summed E-state index contributed by atoms with van der Waals surface area (Å²) in [5.74, 6) is 1.45. The van der Waals surface area contributed by atoms with Crippen LogP contribution in [0.5, 0.6) is 17.2 Å². The van der Waals surface area contributed by atoms with Gasteiger partial charge in [0, 0.05) is 12.1 Å². The summed E-state index contributed by atoms with van der Waals surface area (Å²) < 4.78 is 15.9. The zero-order valence-corrected chi connectivity index (χ0v) is 14.4. The van der Waals surface area contributed by atoms with Crippen molar-refractivity contribution in [1.82, 2.24) is 5.32 Å². The van der Waals surface area contributed by atoms with Crippen LogP contribution >= 0.6 is 0 Å². The quantitative estimate of drug-likeness (QED) is 0.779. The van der Waals surface area contributed by atoms with Crippen molar-refractivity contribution in [2.24, 2.45) is 0 Å². The summed E-state index contributed by atoms with van der Waals surface area (Å²) in [6.45, 7) is 0. The molecular weight excluding hydrogens is 310 g/mol. The van der Waals surface area contributed by atoms with Gasteiger partial charge in [0.05, 0.1) is 27.4 Å². The Balaban J connectivity index is 2.04. The van der Waals surface area contributed by atoms with Crippen LogP contribution in [0.4, 0.5) is 0 Å². The lowest BCUT2D eigenvalue weighted by Gasteiger charge is -2.25. The SMILES string of the molecule is COc1cc(/C=C/C(=O)NC2CCC(O)CC2)cc(OC)c1OC. The Morgan fingerprint density at radius 3 is 2.17 bits per heavy atom. The number of nitrogens with one attached hydrogen (secondary N) is 1. The molecule has 1 amide bonds. The van der Waals surface area contributed by atoms with Crippen molar-refractivity contribution in [3.8, 4) is 17.2 Å². The number of aliphatic hydroxyl groups excluding tert-OH is 1. The van der Waals surface area contributed by atoms with E-state index < -0.39 is 0 Å². The number of hydrogen-bond acceptors (Lipinski definition) is 5. The van der Waals surface area contributed by atoms with E-state index in [0.717, 1.165) is 31.2 Å². The molecule has 0 radical (unpaired) electrons. The van der Waals surface area contributed by atoms with Crippen LogP contribution in [0.3, 0.4) is 0 Å². The lowest BCUT2D eigenvalue weighted by molar-refractivity contribution is -0.117. The van der Waals surface area contributed by atoms with Crippen molar-refractivity contribution < 1.29 is 24.1 Å². The molecule has 24 heavy (non-hydrogen) atoms. The van der Waals surface area contributed by atoms with E-state index in [1.165, 1.54) is 6.08 Å². The van der Waals surface area contributed by atoms with Crippen molar-refractivity contribution in [3.63, 3.8) is 0 Å². The number of hydrogen-bond donors (Lipinski definition) is 2. The lowest BCUT2D eigenvalue weighted by atomic mass is 9.93. The maximum absolute atomic E-state index is 12.1. The van der Waals surface area contributed by atoms with Gasteiger partial charge in [0.2, 0.25) is 11.7 Å². The number of amides is 1. The Morgan fingerprint density at radius 1 is 1.08 bits per heavy atom. The normalized spacial score (nSPS) is 20.7. The lowest BCUT2D eigenvalue weighted by Crippen LogP contribution is -2.37. The van der Waals surface area contributed by atoms with E-state index in [-0.39, 0.29) is 18.1 Å². The van der Waals surface area contributed by atoms with Crippen LogP contribution in [0.2, 0.25) is 0 Å². The van der Waals surface area contributed by atoms with Gasteiger partial charge in [-0.15, -0.1) is 0 Å². The third kappa shape index (κ3) is 4.64. The molecule has 0 aromatic heterocycles. The highest BCUT2D eigenvalue weighted by atomic mass is 16.5. The molecule has 0 unspecified atom stereocenters. The highest BCUT2D eigenvalue weighted by molar-refractivity contribution is 5.92. The first-order valence-corrected chi connectivity index (χ1v) is 8.04. The Hall–Kier alpha value is -2.21. The number of carbonyl (C=O) groups is 1. The molecule has 2 rings (SSSR count). The molecule has 132 valence electrons. The molecule has 1 aliphatic carbocycles. The van der Waals surface area contributed by atoms with Crippen LogP contribution in [-0.2, 0) is 4.79 Å². The molecule has 1 aromatic carbocycles. The minimum absolute atomic E-state index is 0.130. The molecule has 0 saturated heterocycles. The second-order valence-corrected chi connectivity index (χ2v) is 5.81. The molecule has 1 saturated carbocycles. The third-order valence-electron chi connectivity index (χ3n) is 4.16. The highest BCUT2D eigenvalue weighted by Gasteiger charge is 2.20. The Morgan fingerprint density at radius 2 is 1.67 bits per heavy atom. The van der Waals surface area contributed by atoms with E-state index in [1.807, 2.05) is 0 Å². The number of carbonyl (C=O) groups excluding carboxylic acids is 1. The molecule has 1 fully saturated rings. The van der Waals surface area contributed by atoms with Crippen LogP contribution in [-0.4, -0.2) is 44.5 Å². The first kappa shape index (κ1) is 18.1. The van der Waals surface area contributed by atoms with E-state index in [0.29, 0.717) is 17.2 Å². The van der Waals surface area contributed by atoms with Crippen molar-refractivity contribution >= 4 is 12.0 Å². The van der Waals surface area contributed by atoms with E-state index in [2.05, 4.69) is 5.32 Å². The standard InChI is InChI=1S/C18H25NO5/c1-22-15-10-12(11-16(23-2)18(15)24-3)4-9-17(21)19-13-5-7-14(20)8-6-13/h4,9-11,13-14,20H,5-8H2,1-3H3,(H,19,21)/b9-4+. The Kier molecular flexibility index (Phi) is 6.49. The smallest absolute Gasteiger partial charge is 0.244 e. The molecule has 0 aliphatic heterocycles. The molecule has 2 N–H and O–H groups in total. The van der Waals surface area contributed by atoms with E-state index in [9.17, 15) is 9.90 Å². The van der Waals surface area contributed by atoms with Crippen molar-refractivity contribution in [2.45, 2.75) is 37.8 Å². The van der Waals surface area contributed by atoms with Crippen molar-refractivity contribution in [1.29, 1.82) is 0 Å². The topological polar surface area (TPSA) is 77.0 Å². The second kappa shape index (κ2) is 8.59. The van der Waals surface area contributed by atoms with Gasteiger partial charge in [-0.1, -0.05) is 0 Å². The van der Waals surface area contributed by atoms with Crippen LogP contribution in [0, 0.1) is 0 Å². The van der Waals surface area contributed by atoms with Crippen LogP contribution in [0.1, 0.15) is 31.2 Å². The van der Waals surface area contributed by atoms with Gasteiger partial charge in [0.1, 0.15) is 0 Å². The fourth-order valence-electron chi connectivity index (χ4n) is 2.84. The summed E-state index contributed by atoms with van der Waals surface area (Å²) in [5.41, 5.74) is 0.777. The van der Waals surface area contributed by atoms with E-state index in [1.54, 1.807) is 39.5 Å². The van der Waals surface area contributed by atoms with Crippen LogP contribution in [0.25, 0.3) is 6.08 Å². The maximum atomic E-state index is 12.1. The number of aliphatic hydroxyl groups is 1. The Bertz CT molecular complexity index is 566. The third-order valence-corrected chi connectivity index (χ3v) is 4.16. The monoisotopic (exact) mass is 335 g/mol. The average molecular weight is 335 g/mol. The predicted octanol–water partition coefficient (Wildman–Crippen LogP) is 2.15. The van der Waals surface area contributed by atoms with Crippen molar-refractivity contribution in [3.05, 3.63) is 23.8 Å². The van der Waals surface area contributed by atoms with Crippen molar-refractivity contribution in [2.75, 3.05) is 21.3 Å². The van der Waals surface area contributed by atoms with Gasteiger partial charge in [-0.05, 0) is 49.5 Å². The Labute approximate surface area is 142 Å². The van der Waals surface area contributed by atoms with Gasteiger partial charge in [0.15, 0.2) is 11.5 Å². The van der Waals surface area contributed by atoms with E-state index in [4.69, 9.17) is 14.2 Å². The van der Waals surface area contributed by atoms with Gasteiger partial charge < -0.3 is 24.6 Å². The molecule has 1 aromatic rings. The summed E-state index contributed by atoms with van der Waals surface area (Å²) in [7, 11) is 4.65. The minimum Gasteiger partial charge on any atom is -0.493 e. The van der Waals surface area contributed by atoms with Crippen LogP contribution < -0.4 is 19.5 Å². The molecule has 6 heteroatoms. The molecule has 0 bridgehead atoms. The zero-order chi connectivity index (χ0) is 17.5. The summed E-state index contributed by atoms with van der Waals surface area (Å²) in [6, 6.07) is 3.69. The fraction of sp³-hybridized carbons (Fsp3) is 0.500. The summed E-state index contributed by atoms with van der Waals surface area (Å²) >= 11 is 0. The first-order chi connectivity index (χ1) is 11.6. The molecule has 0 atom stereocenters. The summed E-state index contributed by atoms with van der Waals surface area (Å²) in [6.07, 6.45) is 6.07. The number of ether oxygens (including phenoxy) is 3. The van der Waals surface area contributed by atoms with E-state index >= 15 is 0 Å². The average Bonchev–Trinajstić information content (AvgIpc) is 2.60. The summed E-state index contributed by atoms with van der Waals surface area (Å²) in [4.78, 5) is 12.1. The van der Waals surface area contributed by atoms with Gasteiger partial charge in [-0.25, -0.2) is 0 Å². The second-order valence-electron chi connectivity index (χ2n) is 5.81.